The lowest BCUT2D eigenvalue weighted by Crippen LogP contribution is -2.52. The minimum absolute atomic E-state index is 0.123. The topological polar surface area (TPSA) is 71.8 Å². The number of benzene rings is 1. The molecule has 3 rings (SSSR count). The minimum Gasteiger partial charge on any atom is -0.453 e. The normalized spacial score (nSPS) is 17.7. The Hall–Kier alpha value is -2.67. The molecule has 1 aromatic heterocycles. The third-order valence-electron chi connectivity index (χ3n) is 3.80. The molecule has 0 spiro atoms. The van der Waals surface area contributed by atoms with Gasteiger partial charge in [0.1, 0.15) is 24.2 Å². The van der Waals surface area contributed by atoms with Gasteiger partial charge in [-0.3, -0.25) is 9.59 Å². The molecule has 1 fully saturated rings. The smallest absolute Gasteiger partial charge is 0.290 e. The van der Waals surface area contributed by atoms with Gasteiger partial charge >= 0.3 is 0 Å². The number of nitrogens with one attached hydrogen (secondary N) is 1. The lowest BCUT2D eigenvalue weighted by Gasteiger charge is -2.34. The Balaban J connectivity index is 1.90. The lowest BCUT2D eigenvalue weighted by molar-refractivity contribution is -0.128. The van der Waals surface area contributed by atoms with Crippen molar-refractivity contribution in [2.45, 2.75) is 12.6 Å². The van der Waals surface area contributed by atoms with Gasteiger partial charge in [0.15, 0.2) is 5.76 Å². The van der Waals surface area contributed by atoms with Gasteiger partial charge in [0.05, 0.1) is 0 Å². The van der Waals surface area contributed by atoms with Crippen molar-refractivity contribution in [3.63, 3.8) is 0 Å². The fourth-order valence-corrected chi connectivity index (χ4v) is 2.75. The summed E-state index contributed by atoms with van der Waals surface area (Å²) >= 11 is 0. The zero-order valence-electron chi connectivity index (χ0n) is 13.1. The Labute approximate surface area is 138 Å². The van der Waals surface area contributed by atoms with Crippen molar-refractivity contribution in [3.8, 4) is 0 Å². The summed E-state index contributed by atoms with van der Waals surface area (Å²) in [5.41, 5.74) is 0.421. The minimum atomic E-state index is -0.891. The number of hydrogen-bond donors (Lipinski definition) is 1. The maximum Gasteiger partial charge on any atom is 0.290 e. The fourth-order valence-electron chi connectivity index (χ4n) is 2.75. The summed E-state index contributed by atoms with van der Waals surface area (Å²) in [5, 5.41) is 2.71. The summed E-state index contributed by atoms with van der Waals surface area (Å²) in [6.45, 7) is 0.898. The van der Waals surface area contributed by atoms with Crippen LogP contribution in [-0.4, -0.2) is 36.9 Å². The molecule has 2 amide bonds. The van der Waals surface area contributed by atoms with Crippen molar-refractivity contribution in [3.05, 3.63) is 59.3 Å². The van der Waals surface area contributed by atoms with Crippen LogP contribution < -0.4 is 5.32 Å². The van der Waals surface area contributed by atoms with E-state index in [2.05, 4.69) is 5.32 Å². The maximum atomic E-state index is 13.5. The Morgan fingerprint density at radius 2 is 2.25 bits per heavy atom. The quantitative estimate of drug-likeness (QED) is 0.928. The molecular formula is C17H17FN2O4. The predicted octanol–water partition coefficient (Wildman–Crippen LogP) is 1.88. The molecule has 1 unspecified atom stereocenters. The third kappa shape index (κ3) is 3.16. The molecule has 0 saturated carbocycles. The number of carbonyl (C=O) groups excluding carboxylic acids is 2. The predicted molar refractivity (Wildman–Crippen MR) is 82.6 cm³/mol. The highest BCUT2D eigenvalue weighted by Crippen LogP contribution is 2.26. The van der Waals surface area contributed by atoms with Crippen LogP contribution >= 0.6 is 0 Å². The number of rotatable bonds is 4. The molecule has 24 heavy (non-hydrogen) atoms. The van der Waals surface area contributed by atoms with E-state index in [1.807, 2.05) is 0 Å². The molecule has 1 aliphatic rings. The Kier molecular flexibility index (Phi) is 4.61. The highest BCUT2D eigenvalue weighted by atomic mass is 19.1. The molecule has 6 nitrogen and oxygen atoms in total. The van der Waals surface area contributed by atoms with E-state index in [1.54, 1.807) is 18.2 Å². The molecule has 1 N–H and O–H groups in total. The summed E-state index contributed by atoms with van der Waals surface area (Å²) in [6, 6.07) is 7.99. The zero-order chi connectivity index (χ0) is 17.1. The molecule has 1 aromatic carbocycles. The van der Waals surface area contributed by atoms with Crippen LogP contribution in [0.2, 0.25) is 0 Å². The number of carbonyl (C=O) groups is 2. The van der Waals surface area contributed by atoms with Crippen LogP contribution in [0.15, 0.2) is 40.8 Å². The van der Waals surface area contributed by atoms with Crippen LogP contribution in [0.25, 0.3) is 0 Å². The summed E-state index contributed by atoms with van der Waals surface area (Å²) in [6.07, 6.45) is 0. The molecule has 1 saturated heterocycles. The number of furan rings is 1. The first-order chi connectivity index (χ1) is 11.6. The number of nitrogens with zero attached hydrogens (tertiary/aromatic N) is 1. The van der Waals surface area contributed by atoms with Crippen molar-refractivity contribution >= 4 is 11.8 Å². The number of hydrogen-bond acceptors (Lipinski definition) is 4. The van der Waals surface area contributed by atoms with E-state index >= 15 is 0 Å². The van der Waals surface area contributed by atoms with Gasteiger partial charge in [-0.1, -0.05) is 12.1 Å². The second kappa shape index (κ2) is 6.84. The molecule has 1 aliphatic heterocycles. The molecule has 2 heterocycles. The summed E-state index contributed by atoms with van der Waals surface area (Å²) < 4.78 is 23.9. The molecule has 126 valence electrons. The molecule has 0 bridgehead atoms. The van der Waals surface area contributed by atoms with E-state index in [9.17, 15) is 14.0 Å². The molecule has 2 aromatic rings. The average Bonchev–Trinajstić information content (AvgIpc) is 3.03. The molecule has 0 aliphatic carbocycles. The van der Waals surface area contributed by atoms with Gasteiger partial charge in [0, 0.05) is 20.2 Å². The standard InChI is InChI=1S/C17H17FN2O4/c1-23-10-13-5-6-14(24-13)17(22)20-8-7-19-16(21)15(20)11-3-2-4-12(18)9-11/h2-6,9,15H,7-8,10H2,1H3,(H,19,21). The number of halogens is 1. The van der Waals surface area contributed by atoms with Gasteiger partial charge < -0.3 is 19.4 Å². The largest absolute Gasteiger partial charge is 0.453 e. The first-order valence-corrected chi connectivity index (χ1v) is 7.52. The van der Waals surface area contributed by atoms with E-state index in [0.29, 0.717) is 24.4 Å². The zero-order valence-corrected chi connectivity index (χ0v) is 13.1. The SMILES string of the molecule is COCc1ccc(C(=O)N2CCNC(=O)C2c2cccc(F)c2)o1. The first-order valence-electron chi connectivity index (χ1n) is 7.52. The number of ether oxygens (including phenoxy) is 1. The molecular weight excluding hydrogens is 315 g/mol. The third-order valence-corrected chi connectivity index (χ3v) is 3.80. The Bertz CT molecular complexity index is 759. The van der Waals surface area contributed by atoms with Gasteiger partial charge in [-0.05, 0) is 29.8 Å². The van der Waals surface area contributed by atoms with Crippen LogP contribution in [0.5, 0.6) is 0 Å². The van der Waals surface area contributed by atoms with Crippen molar-refractivity contribution < 1.29 is 23.1 Å². The molecule has 7 heteroatoms. The fraction of sp³-hybridized carbons (Fsp3) is 0.294. The molecule has 1 atom stereocenters. The summed E-state index contributed by atoms with van der Waals surface area (Å²) in [4.78, 5) is 26.4. The number of piperazine rings is 1. The van der Waals surface area contributed by atoms with Crippen molar-refractivity contribution in [1.29, 1.82) is 0 Å². The Morgan fingerprint density at radius 3 is 3.00 bits per heavy atom. The van der Waals surface area contributed by atoms with Crippen LogP contribution in [-0.2, 0) is 16.1 Å². The number of methoxy groups -OCH3 is 1. The van der Waals surface area contributed by atoms with E-state index in [-0.39, 0.29) is 18.3 Å². The Morgan fingerprint density at radius 1 is 1.42 bits per heavy atom. The van der Waals surface area contributed by atoms with Crippen molar-refractivity contribution in [1.82, 2.24) is 10.2 Å². The van der Waals surface area contributed by atoms with Crippen LogP contribution in [0.4, 0.5) is 4.39 Å². The van der Waals surface area contributed by atoms with E-state index < -0.39 is 17.8 Å². The van der Waals surface area contributed by atoms with Crippen LogP contribution in [0.1, 0.15) is 27.9 Å². The van der Waals surface area contributed by atoms with Gasteiger partial charge in [-0.2, -0.15) is 0 Å². The summed E-state index contributed by atoms with van der Waals surface area (Å²) in [7, 11) is 1.53. The monoisotopic (exact) mass is 332 g/mol. The van der Waals surface area contributed by atoms with Gasteiger partial charge in [-0.25, -0.2) is 4.39 Å². The first kappa shape index (κ1) is 16.2. The van der Waals surface area contributed by atoms with Gasteiger partial charge in [-0.15, -0.1) is 0 Å². The van der Waals surface area contributed by atoms with Crippen LogP contribution in [0.3, 0.4) is 0 Å². The van der Waals surface area contributed by atoms with Gasteiger partial charge in [0.25, 0.3) is 5.91 Å². The lowest BCUT2D eigenvalue weighted by atomic mass is 10.0. The average molecular weight is 332 g/mol. The highest BCUT2D eigenvalue weighted by molar-refractivity contribution is 5.96. The highest BCUT2D eigenvalue weighted by Gasteiger charge is 2.36. The van der Waals surface area contributed by atoms with Crippen molar-refractivity contribution in [2.24, 2.45) is 0 Å². The van der Waals surface area contributed by atoms with Crippen molar-refractivity contribution in [2.75, 3.05) is 20.2 Å². The van der Waals surface area contributed by atoms with E-state index in [1.165, 1.54) is 30.2 Å². The summed E-state index contributed by atoms with van der Waals surface area (Å²) in [5.74, 6) is -0.577. The van der Waals surface area contributed by atoms with Gasteiger partial charge in [0.2, 0.25) is 5.91 Å². The maximum absolute atomic E-state index is 13.5. The van der Waals surface area contributed by atoms with E-state index in [0.717, 1.165) is 0 Å². The number of amides is 2. The van der Waals surface area contributed by atoms with Crippen LogP contribution in [0, 0.1) is 5.82 Å². The molecule has 0 radical (unpaired) electrons. The second-order valence-corrected chi connectivity index (χ2v) is 5.45. The second-order valence-electron chi connectivity index (χ2n) is 5.45. The van der Waals surface area contributed by atoms with E-state index in [4.69, 9.17) is 9.15 Å².